The number of benzene rings is 2. The minimum absolute atomic E-state index is 0.0941. The molecule has 0 atom stereocenters. The lowest BCUT2D eigenvalue weighted by molar-refractivity contribution is -0.0557. The third-order valence-electron chi connectivity index (χ3n) is 6.40. The first-order valence-corrected chi connectivity index (χ1v) is 11.3. The summed E-state index contributed by atoms with van der Waals surface area (Å²) in [5, 5.41) is 0. The zero-order valence-corrected chi connectivity index (χ0v) is 17.9. The Morgan fingerprint density at radius 3 is 2.40 bits per heavy atom. The van der Waals surface area contributed by atoms with Gasteiger partial charge in [0, 0.05) is 18.4 Å². The van der Waals surface area contributed by atoms with E-state index >= 15 is 0 Å². The number of rotatable bonds is 5. The first-order chi connectivity index (χ1) is 14.6. The van der Waals surface area contributed by atoms with Gasteiger partial charge in [0.1, 0.15) is 11.7 Å². The second-order valence-electron chi connectivity index (χ2n) is 9.13. The van der Waals surface area contributed by atoms with Gasteiger partial charge >= 0.3 is 0 Å². The molecule has 1 N–H and O–H groups in total. The van der Waals surface area contributed by atoms with Crippen LogP contribution >= 0.6 is 0 Å². The molecule has 1 saturated carbocycles. The van der Waals surface area contributed by atoms with Crippen molar-refractivity contribution in [2.24, 2.45) is 0 Å². The molecule has 1 spiro atoms. The van der Waals surface area contributed by atoms with Crippen LogP contribution in [-0.4, -0.2) is 17.8 Å². The summed E-state index contributed by atoms with van der Waals surface area (Å²) in [6.07, 6.45) is 10.3. The standard InChI is InChI=1S/C26H31NO3/c1-18(2)28-24-11-10-21(23-17-26(30-27-23)12-6-3-7-13-26)16-25(24)29-22-14-19-8-4-5-9-20(19)15-22/h4-5,8-11,16-18,22,27H,3,6-7,12-15H2,1-2H3. The molecule has 3 aliphatic rings. The van der Waals surface area contributed by atoms with Gasteiger partial charge in [-0.15, -0.1) is 0 Å². The van der Waals surface area contributed by atoms with Crippen LogP contribution in [0, 0.1) is 0 Å². The van der Waals surface area contributed by atoms with Crippen LogP contribution in [0.25, 0.3) is 5.70 Å². The summed E-state index contributed by atoms with van der Waals surface area (Å²) in [5.74, 6) is 1.61. The zero-order valence-electron chi connectivity index (χ0n) is 17.9. The van der Waals surface area contributed by atoms with Crippen LogP contribution in [0.1, 0.15) is 62.6 Å². The monoisotopic (exact) mass is 405 g/mol. The Kier molecular flexibility index (Phi) is 5.20. The lowest BCUT2D eigenvalue weighted by atomic mass is 9.84. The minimum atomic E-state index is -0.144. The second kappa shape index (κ2) is 7.99. The fourth-order valence-electron chi connectivity index (χ4n) is 4.92. The van der Waals surface area contributed by atoms with Crippen molar-refractivity contribution in [3.8, 4) is 11.5 Å². The van der Waals surface area contributed by atoms with Crippen molar-refractivity contribution in [2.75, 3.05) is 0 Å². The van der Waals surface area contributed by atoms with Crippen molar-refractivity contribution < 1.29 is 14.3 Å². The maximum absolute atomic E-state index is 6.51. The van der Waals surface area contributed by atoms with Crippen molar-refractivity contribution in [1.82, 2.24) is 5.48 Å². The Morgan fingerprint density at radius 1 is 0.967 bits per heavy atom. The van der Waals surface area contributed by atoms with Gasteiger partial charge in [-0.25, -0.2) is 0 Å². The summed E-state index contributed by atoms with van der Waals surface area (Å²) < 4.78 is 12.6. The minimum Gasteiger partial charge on any atom is -0.487 e. The van der Waals surface area contributed by atoms with Crippen molar-refractivity contribution in [3.63, 3.8) is 0 Å². The highest BCUT2D eigenvalue weighted by Crippen LogP contribution is 2.40. The fraction of sp³-hybridized carbons (Fsp3) is 0.462. The van der Waals surface area contributed by atoms with Crippen LogP contribution in [0.4, 0.5) is 0 Å². The van der Waals surface area contributed by atoms with Crippen LogP contribution < -0.4 is 15.0 Å². The molecule has 1 heterocycles. The molecular formula is C26H31NO3. The molecule has 2 aromatic rings. The molecule has 2 aromatic carbocycles. The van der Waals surface area contributed by atoms with Gasteiger partial charge in [0.25, 0.3) is 0 Å². The number of fused-ring (bicyclic) bond motifs is 1. The Hall–Kier alpha value is -2.46. The molecule has 0 aromatic heterocycles. The Labute approximate surface area is 179 Å². The predicted octanol–water partition coefficient (Wildman–Crippen LogP) is 5.60. The van der Waals surface area contributed by atoms with E-state index in [0.29, 0.717) is 0 Å². The average molecular weight is 406 g/mol. The molecule has 0 bridgehead atoms. The van der Waals surface area contributed by atoms with Crippen LogP contribution in [0.15, 0.2) is 48.5 Å². The molecule has 5 rings (SSSR count). The molecule has 0 radical (unpaired) electrons. The normalized spacial score (nSPS) is 20.2. The van der Waals surface area contributed by atoms with Gasteiger partial charge in [0.05, 0.1) is 11.8 Å². The molecule has 2 aliphatic carbocycles. The van der Waals surface area contributed by atoms with E-state index in [1.165, 1.54) is 30.4 Å². The van der Waals surface area contributed by atoms with Gasteiger partial charge in [0.15, 0.2) is 11.5 Å². The Bertz CT molecular complexity index is 918. The van der Waals surface area contributed by atoms with Crippen molar-refractivity contribution in [3.05, 3.63) is 65.2 Å². The van der Waals surface area contributed by atoms with Crippen LogP contribution in [-0.2, 0) is 17.7 Å². The molecule has 0 saturated heterocycles. The second-order valence-corrected chi connectivity index (χ2v) is 9.13. The third-order valence-corrected chi connectivity index (χ3v) is 6.40. The largest absolute Gasteiger partial charge is 0.487 e. The maximum atomic E-state index is 6.51. The summed E-state index contributed by atoms with van der Waals surface area (Å²) in [6, 6.07) is 14.8. The van der Waals surface area contributed by atoms with Gasteiger partial charge in [-0.3, -0.25) is 10.3 Å². The summed E-state index contributed by atoms with van der Waals surface area (Å²) >= 11 is 0. The Balaban J connectivity index is 1.40. The number of nitrogens with one attached hydrogen (secondary N) is 1. The highest BCUT2D eigenvalue weighted by Gasteiger charge is 2.36. The Morgan fingerprint density at radius 2 is 1.70 bits per heavy atom. The number of hydrogen-bond acceptors (Lipinski definition) is 4. The van der Waals surface area contributed by atoms with Crippen LogP contribution in [0.2, 0.25) is 0 Å². The number of hydrogen-bond donors (Lipinski definition) is 1. The molecule has 1 aliphatic heterocycles. The molecule has 4 heteroatoms. The van der Waals surface area contributed by atoms with Gasteiger partial charge < -0.3 is 9.47 Å². The van der Waals surface area contributed by atoms with Crippen LogP contribution in [0.5, 0.6) is 11.5 Å². The van der Waals surface area contributed by atoms with E-state index in [4.69, 9.17) is 14.3 Å². The molecule has 0 unspecified atom stereocenters. The fourth-order valence-corrected chi connectivity index (χ4v) is 4.92. The van der Waals surface area contributed by atoms with E-state index in [-0.39, 0.29) is 17.8 Å². The molecule has 0 amide bonds. The zero-order chi connectivity index (χ0) is 20.6. The first kappa shape index (κ1) is 19.5. The van der Waals surface area contributed by atoms with Gasteiger partial charge in [0.2, 0.25) is 0 Å². The summed E-state index contributed by atoms with van der Waals surface area (Å²) in [6.45, 7) is 4.09. The molecular weight excluding hydrogens is 374 g/mol. The van der Waals surface area contributed by atoms with E-state index in [1.54, 1.807) is 0 Å². The molecule has 158 valence electrons. The SMILES string of the molecule is CC(C)Oc1ccc(C2=CC3(CCCCC3)ON2)cc1OC1Cc2ccccc2C1. The van der Waals surface area contributed by atoms with Crippen molar-refractivity contribution in [1.29, 1.82) is 0 Å². The summed E-state index contributed by atoms with van der Waals surface area (Å²) in [7, 11) is 0. The topological polar surface area (TPSA) is 39.7 Å². The molecule has 4 nitrogen and oxygen atoms in total. The van der Waals surface area contributed by atoms with E-state index in [0.717, 1.165) is 48.4 Å². The lowest BCUT2D eigenvalue weighted by Crippen LogP contribution is -2.31. The summed E-state index contributed by atoms with van der Waals surface area (Å²) in [4.78, 5) is 6.04. The maximum Gasteiger partial charge on any atom is 0.162 e. The van der Waals surface area contributed by atoms with E-state index in [9.17, 15) is 0 Å². The van der Waals surface area contributed by atoms with E-state index < -0.39 is 0 Å². The van der Waals surface area contributed by atoms with E-state index in [2.05, 4.69) is 48.0 Å². The number of hydroxylamine groups is 1. The summed E-state index contributed by atoms with van der Waals surface area (Å²) in [5.41, 5.74) is 7.94. The molecule has 1 fully saturated rings. The van der Waals surface area contributed by atoms with Gasteiger partial charge in [-0.2, -0.15) is 0 Å². The van der Waals surface area contributed by atoms with Gasteiger partial charge in [-0.05, 0) is 62.1 Å². The number of ether oxygens (including phenoxy) is 2. The van der Waals surface area contributed by atoms with Crippen molar-refractivity contribution >= 4 is 5.70 Å². The quantitative estimate of drug-likeness (QED) is 0.703. The highest BCUT2D eigenvalue weighted by molar-refractivity contribution is 5.68. The van der Waals surface area contributed by atoms with Crippen LogP contribution in [0.3, 0.4) is 0 Å². The molecule has 30 heavy (non-hydrogen) atoms. The van der Waals surface area contributed by atoms with Crippen molar-refractivity contribution in [2.45, 2.75) is 76.6 Å². The smallest absolute Gasteiger partial charge is 0.162 e. The highest BCUT2D eigenvalue weighted by atomic mass is 16.7. The average Bonchev–Trinajstić information content (AvgIpc) is 3.33. The third kappa shape index (κ3) is 3.93. The van der Waals surface area contributed by atoms with Gasteiger partial charge in [-0.1, -0.05) is 43.5 Å². The lowest BCUT2D eigenvalue weighted by Gasteiger charge is -2.29. The predicted molar refractivity (Wildman–Crippen MR) is 118 cm³/mol. The first-order valence-electron chi connectivity index (χ1n) is 11.3. The van der Waals surface area contributed by atoms with E-state index in [1.807, 2.05) is 19.9 Å².